The molecule has 1 amide bonds. The van der Waals surface area contributed by atoms with Crippen molar-refractivity contribution in [2.75, 3.05) is 5.32 Å². The number of nitrogens with zero attached hydrogens (tertiary/aromatic N) is 3. The van der Waals surface area contributed by atoms with Gasteiger partial charge in [0.15, 0.2) is 0 Å². The summed E-state index contributed by atoms with van der Waals surface area (Å²) in [5.74, 6) is 0.349. The summed E-state index contributed by atoms with van der Waals surface area (Å²) in [5.41, 5.74) is 1.75. The Bertz CT molecular complexity index is 1300. The van der Waals surface area contributed by atoms with Crippen molar-refractivity contribution in [3.05, 3.63) is 81.1 Å². The van der Waals surface area contributed by atoms with Crippen molar-refractivity contribution in [1.29, 1.82) is 0 Å². The fourth-order valence-electron chi connectivity index (χ4n) is 4.41. The molecule has 1 aromatic carbocycles. The summed E-state index contributed by atoms with van der Waals surface area (Å²) in [5, 5.41) is 3.30. The third-order valence-corrected chi connectivity index (χ3v) is 7.44. The van der Waals surface area contributed by atoms with Gasteiger partial charge in [-0.2, -0.15) is 0 Å². The summed E-state index contributed by atoms with van der Waals surface area (Å²) in [7, 11) is 0. The van der Waals surface area contributed by atoms with E-state index in [1.165, 1.54) is 22.6 Å². The molecule has 1 saturated carbocycles. The van der Waals surface area contributed by atoms with E-state index in [1.54, 1.807) is 29.3 Å². The second-order valence-corrected chi connectivity index (χ2v) is 9.97. The van der Waals surface area contributed by atoms with Crippen LogP contribution in [0.25, 0.3) is 11.7 Å². The number of anilines is 1. The second kappa shape index (κ2) is 9.49. The Balaban J connectivity index is 1.53. The van der Waals surface area contributed by atoms with Gasteiger partial charge in [0.05, 0.1) is 10.5 Å². The lowest BCUT2D eigenvalue weighted by atomic mass is 9.94. The van der Waals surface area contributed by atoms with E-state index in [2.05, 4.69) is 10.3 Å². The van der Waals surface area contributed by atoms with Gasteiger partial charge >= 0.3 is 0 Å². The maximum Gasteiger partial charge on any atom is 0.267 e. The molecule has 0 radical (unpaired) electrons. The van der Waals surface area contributed by atoms with Gasteiger partial charge in [-0.1, -0.05) is 79.6 Å². The quantitative estimate of drug-likeness (QED) is 0.420. The number of carbonyl (C=O) groups excluding carboxylic acids is 1. The third kappa shape index (κ3) is 4.45. The van der Waals surface area contributed by atoms with Crippen LogP contribution in [0.1, 0.15) is 43.2 Å². The van der Waals surface area contributed by atoms with E-state index in [0.717, 1.165) is 31.2 Å². The van der Waals surface area contributed by atoms with Crippen molar-refractivity contribution in [3.8, 4) is 0 Å². The average Bonchev–Trinajstić information content (AvgIpc) is 3.13. The molecule has 6 nitrogen and oxygen atoms in total. The molecule has 0 unspecified atom stereocenters. The molecule has 168 valence electrons. The summed E-state index contributed by atoms with van der Waals surface area (Å²) in [6.07, 6.45) is 8.74. The van der Waals surface area contributed by atoms with Crippen molar-refractivity contribution in [2.45, 2.75) is 44.7 Å². The lowest BCUT2D eigenvalue weighted by Crippen LogP contribution is -2.39. The average molecular weight is 477 g/mol. The van der Waals surface area contributed by atoms with Gasteiger partial charge in [-0.15, -0.1) is 0 Å². The van der Waals surface area contributed by atoms with Gasteiger partial charge in [0.1, 0.15) is 15.8 Å². The highest BCUT2D eigenvalue weighted by molar-refractivity contribution is 8.26. The molecule has 1 saturated heterocycles. The Morgan fingerprint density at radius 2 is 1.82 bits per heavy atom. The monoisotopic (exact) mass is 476 g/mol. The molecule has 5 rings (SSSR count). The van der Waals surface area contributed by atoms with Gasteiger partial charge in [0.25, 0.3) is 11.5 Å². The fraction of sp³-hybridized carbons (Fsp3) is 0.280. The number of nitrogens with one attached hydrogen (secondary N) is 1. The van der Waals surface area contributed by atoms with Gasteiger partial charge in [0, 0.05) is 18.8 Å². The van der Waals surface area contributed by atoms with Gasteiger partial charge in [-0.05, 0) is 36.6 Å². The van der Waals surface area contributed by atoms with Gasteiger partial charge in [-0.25, -0.2) is 4.98 Å². The van der Waals surface area contributed by atoms with Crippen molar-refractivity contribution < 1.29 is 4.79 Å². The summed E-state index contributed by atoms with van der Waals surface area (Å²) in [4.78, 5) is 33.6. The second-order valence-electron chi connectivity index (χ2n) is 8.29. The Hall–Kier alpha value is -2.97. The van der Waals surface area contributed by atoms with Crippen LogP contribution in [0.4, 0.5) is 5.82 Å². The van der Waals surface area contributed by atoms with Crippen molar-refractivity contribution in [3.63, 3.8) is 0 Å². The van der Waals surface area contributed by atoms with Crippen LogP contribution in [0, 0.1) is 0 Å². The molecule has 1 aliphatic heterocycles. The Labute approximate surface area is 201 Å². The smallest absolute Gasteiger partial charge is 0.267 e. The number of carbonyl (C=O) groups is 1. The maximum atomic E-state index is 13.4. The Kier molecular flexibility index (Phi) is 6.28. The fourth-order valence-corrected chi connectivity index (χ4v) is 5.80. The predicted molar refractivity (Wildman–Crippen MR) is 137 cm³/mol. The van der Waals surface area contributed by atoms with E-state index in [4.69, 9.17) is 12.2 Å². The van der Waals surface area contributed by atoms with Crippen LogP contribution < -0.4 is 10.9 Å². The third-order valence-electron chi connectivity index (χ3n) is 6.11. The van der Waals surface area contributed by atoms with E-state index in [-0.39, 0.29) is 17.5 Å². The van der Waals surface area contributed by atoms with Crippen LogP contribution in [0.15, 0.2) is 64.4 Å². The number of benzene rings is 1. The number of fused-ring (bicyclic) bond motifs is 1. The number of thiocarbonyl (C=S) groups is 1. The molecular formula is C25H24N4O2S2. The number of rotatable bonds is 5. The largest absolute Gasteiger partial charge is 0.365 e. The molecule has 8 heteroatoms. The number of pyridine rings is 1. The first kappa shape index (κ1) is 21.9. The maximum absolute atomic E-state index is 13.4. The normalized spacial score (nSPS) is 18.4. The minimum Gasteiger partial charge on any atom is -0.365 e. The lowest BCUT2D eigenvalue weighted by Gasteiger charge is -2.29. The minimum absolute atomic E-state index is 0.108. The zero-order valence-corrected chi connectivity index (χ0v) is 19.7. The zero-order valence-electron chi connectivity index (χ0n) is 18.1. The molecule has 3 heterocycles. The molecule has 0 atom stereocenters. The van der Waals surface area contributed by atoms with Gasteiger partial charge < -0.3 is 5.32 Å². The lowest BCUT2D eigenvalue weighted by molar-refractivity contribution is -0.124. The minimum atomic E-state index is -0.223. The molecule has 2 fully saturated rings. The topological polar surface area (TPSA) is 66.7 Å². The first-order chi connectivity index (χ1) is 16.1. The first-order valence-electron chi connectivity index (χ1n) is 11.2. The molecule has 1 N–H and O–H groups in total. The summed E-state index contributed by atoms with van der Waals surface area (Å²) in [6, 6.07) is 15.5. The van der Waals surface area contributed by atoms with E-state index >= 15 is 0 Å². The molecule has 33 heavy (non-hydrogen) atoms. The van der Waals surface area contributed by atoms with E-state index in [0.29, 0.717) is 32.8 Å². The van der Waals surface area contributed by atoms with E-state index in [1.807, 2.05) is 36.4 Å². The van der Waals surface area contributed by atoms with Crippen LogP contribution in [0.5, 0.6) is 0 Å². The zero-order chi connectivity index (χ0) is 22.8. The predicted octanol–water partition coefficient (Wildman–Crippen LogP) is 4.84. The van der Waals surface area contributed by atoms with Crippen molar-refractivity contribution in [2.24, 2.45) is 0 Å². The summed E-state index contributed by atoms with van der Waals surface area (Å²) >= 11 is 6.83. The molecule has 3 aromatic rings. The van der Waals surface area contributed by atoms with Crippen LogP contribution in [-0.4, -0.2) is 30.6 Å². The Morgan fingerprint density at radius 1 is 1.06 bits per heavy atom. The molecule has 2 aliphatic rings. The molecule has 1 aliphatic carbocycles. The number of thioether (sulfide) groups is 1. The molecule has 2 aromatic heterocycles. The summed E-state index contributed by atoms with van der Waals surface area (Å²) in [6.45, 7) is 0.514. The Morgan fingerprint density at radius 3 is 2.61 bits per heavy atom. The SMILES string of the molecule is O=C1/C(=C/c2c(NCc3ccccc3)nc3ccccn3c2=O)SC(=S)N1C1CCCCC1. The van der Waals surface area contributed by atoms with Crippen molar-refractivity contribution in [1.82, 2.24) is 14.3 Å². The van der Waals surface area contributed by atoms with Crippen LogP contribution in [0.2, 0.25) is 0 Å². The number of hydrogen-bond donors (Lipinski definition) is 1. The molecule has 0 bridgehead atoms. The van der Waals surface area contributed by atoms with E-state index < -0.39 is 0 Å². The van der Waals surface area contributed by atoms with Gasteiger partial charge in [-0.3, -0.25) is 18.9 Å². The highest BCUT2D eigenvalue weighted by Gasteiger charge is 2.37. The standard InChI is InChI=1S/C25H24N4O2S2/c30-23-19(15-20-24(31)29(25(32)33-20)18-11-5-2-6-12-18)22(26-16-17-9-3-1-4-10-17)27-21-13-7-8-14-28(21)23/h1,3-4,7-10,13-15,18,26H,2,5-6,11-12,16H2/b20-15-. The number of amides is 1. The highest BCUT2D eigenvalue weighted by Crippen LogP contribution is 2.37. The van der Waals surface area contributed by atoms with Crippen LogP contribution in [-0.2, 0) is 11.3 Å². The first-order valence-corrected chi connectivity index (χ1v) is 12.4. The molecule has 0 spiro atoms. The number of aromatic nitrogens is 2. The van der Waals surface area contributed by atoms with Gasteiger partial charge in [0.2, 0.25) is 0 Å². The number of hydrogen-bond acceptors (Lipinski definition) is 6. The van der Waals surface area contributed by atoms with Crippen LogP contribution in [0.3, 0.4) is 0 Å². The van der Waals surface area contributed by atoms with Crippen molar-refractivity contribution >= 4 is 51.7 Å². The van der Waals surface area contributed by atoms with Crippen LogP contribution >= 0.6 is 24.0 Å². The highest BCUT2D eigenvalue weighted by atomic mass is 32.2. The van der Waals surface area contributed by atoms with E-state index in [9.17, 15) is 9.59 Å². The summed E-state index contributed by atoms with van der Waals surface area (Å²) < 4.78 is 2.08. The molecular weight excluding hydrogens is 452 g/mol.